The van der Waals surface area contributed by atoms with Gasteiger partial charge in [-0.15, -0.1) is 0 Å². The van der Waals surface area contributed by atoms with Crippen LogP contribution in [0.2, 0.25) is 0 Å². The molecule has 2 rings (SSSR count). The SMILES string of the molecule is Nc1ccc([N+](=O)[O-])cc1C(=O)c1ccncc1. The van der Waals surface area contributed by atoms with Crippen molar-refractivity contribution < 1.29 is 9.72 Å². The van der Waals surface area contributed by atoms with E-state index in [1.807, 2.05) is 0 Å². The normalized spacial score (nSPS) is 10.0. The second kappa shape index (κ2) is 4.62. The van der Waals surface area contributed by atoms with Crippen LogP contribution in [0.3, 0.4) is 0 Å². The number of hydrogen-bond donors (Lipinski definition) is 1. The summed E-state index contributed by atoms with van der Waals surface area (Å²) in [6.07, 6.45) is 2.95. The van der Waals surface area contributed by atoms with Crippen molar-refractivity contribution >= 4 is 17.2 Å². The highest BCUT2D eigenvalue weighted by molar-refractivity contribution is 6.12. The number of rotatable bonds is 3. The number of nitro groups is 1. The number of hydrogen-bond acceptors (Lipinski definition) is 5. The van der Waals surface area contributed by atoms with Gasteiger partial charge in [0, 0.05) is 35.8 Å². The third-order valence-electron chi connectivity index (χ3n) is 2.43. The Hall–Kier alpha value is -2.76. The predicted molar refractivity (Wildman–Crippen MR) is 65.2 cm³/mol. The number of aromatic nitrogens is 1. The first kappa shape index (κ1) is 11.7. The Balaban J connectivity index is 2.48. The maximum absolute atomic E-state index is 12.1. The number of carbonyl (C=O) groups is 1. The molecule has 18 heavy (non-hydrogen) atoms. The quantitative estimate of drug-likeness (QED) is 0.383. The molecule has 1 aromatic heterocycles. The number of non-ortho nitro benzene ring substituents is 1. The van der Waals surface area contributed by atoms with E-state index in [-0.39, 0.29) is 22.7 Å². The molecule has 0 radical (unpaired) electrons. The first-order valence-electron chi connectivity index (χ1n) is 5.08. The van der Waals surface area contributed by atoms with E-state index in [2.05, 4.69) is 4.98 Å². The standard InChI is InChI=1S/C12H9N3O3/c13-11-2-1-9(15(17)18)7-10(11)12(16)8-3-5-14-6-4-8/h1-7H,13H2. The fourth-order valence-corrected chi connectivity index (χ4v) is 1.51. The van der Waals surface area contributed by atoms with Gasteiger partial charge in [-0.2, -0.15) is 0 Å². The topological polar surface area (TPSA) is 99.1 Å². The second-order valence-electron chi connectivity index (χ2n) is 3.59. The molecule has 2 N–H and O–H groups in total. The zero-order valence-electron chi connectivity index (χ0n) is 9.24. The van der Waals surface area contributed by atoms with Crippen molar-refractivity contribution in [1.29, 1.82) is 0 Å². The molecule has 0 aliphatic heterocycles. The summed E-state index contributed by atoms with van der Waals surface area (Å²) in [7, 11) is 0. The summed E-state index contributed by atoms with van der Waals surface area (Å²) in [5.74, 6) is -0.362. The van der Waals surface area contributed by atoms with Gasteiger partial charge < -0.3 is 5.73 Å². The summed E-state index contributed by atoms with van der Waals surface area (Å²) in [6.45, 7) is 0. The van der Waals surface area contributed by atoms with E-state index >= 15 is 0 Å². The average Bonchev–Trinajstić information content (AvgIpc) is 2.39. The fourth-order valence-electron chi connectivity index (χ4n) is 1.51. The molecule has 0 bridgehead atoms. The molecule has 0 aliphatic carbocycles. The first-order valence-corrected chi connectivity index (χ1v) is 5.08. The zero-order chi connectivity index (χ0) is 13.1. The van der Waals surface area contributed by atoms with E-state index in [1.165, 1.54) is 42.7 Å². The van der Waals surface area contributed by atoms with E-state index in [1.54, 1.807) is 0 Å². The van der Waals surface area contributed by atoms with E-state index in [0.29, 0.717) is 5.56 Å². The Bertz CT molecular complexity index is 611. The van der Waals surface area contributed by atoms with Crippen LogP contribution >= 0.6 is 0 Å². The maximum atomic E-state index is 12.1. The lowest BCUT2D eigenvalue weighted by molar-refractivity contribution is -0.384. The summed E-state index contributed by atoms with van der Waals surface area (Å²) in [5.41, 5.74) is 6.22. The van der Waals surface area contributed by atoms with Crippen molar-refractivity contribution in [2.75, 3.05) is 5.73 Å². The number of anilines is 1. The van der Waals surface area contributed by atoms with E-state index in [4.69, 9.17) is 5.73 Å². The Labute approximate surface area is 102 Å². The molecule has 0 amide bonds. The van der Waals surface area contributed by atoms with E-state index in [0.717, 1.165) is 0 Å². The number of nitrogens with two attached hydrogens (primary N) is 1. The summed E-state index contributed by atoms with van der Waals surface area (Å²) in [4.78, 5) is 26.0. The first-order chi connectivity index (χ1) is 8.59. The monoisotopic (exact) mass is 243 g/mol. The average molecular weight is 243 g/mol. The van der Waals surface area contributed by atoms with Crippen molar-refractivity contribution in [1.82, 2.24) is 4.98 Å². The number of nitrogen functional groups attached to an aromatic ring is 1. The summed E-state index contributed by atoms with van der Waals surface area (Å²) < 4.78 is 0. The zero-order valence-corrected chi connectivity index (χ0v) is 9.24. The van der Waals surface area contributed by atoms with Crippen LogP contribution in [0.1, 0.15) is 15.9 Å². The second-order valence-corrected chi connectivity index (χ2v) is 3.59. The molecule has 6 heteroatoms. The molecular weight excluding hydrogens is 234 g/mol. The van der Waals surface area contributed by atoms with Gasteiger partial charge in [0.05, 0.1) is 10.5 Å². The molecule has 1 heterocycles. The highest BCUT2D eigenvalue weighted by Crippen LogP contribution is 2.22. The minimum atomic E-state index is -0.567. The van der Waals surface area contributed by atoms with Crippen LogP contribution in [0.15, 0.2) is 42.7 Å². The molecule has 2 aromatic rings. The lowest BCUT2D eigenvalue weighted by Gasteiger charge is -2.04. The van der Waals surface area contributed by atoms with Crippen molar-refractivity contribution in [3.63, 3.8) is 0 Å². The fraction of sp³-hybridized carbons (Fsp3) is 0. The minimum Gasteiger partial charge on any atom is -0.398 e. The van der Waals surface area contributed by atoms with Gasteiger partial charge in [0.15, 0.2) is 5.78 Å². The Morgan fingerprint density at radius 1 is 1.22 bits per heavy atom. The Morgan fingerprint density at radius 3 is 2.50 bits per heavy atom. The van der Waals surface area contributed by atoms with Crippen molar-refractivity contribution in [3.05, 3.63) is 64.0 Å². The third kappa shape index (κ3) is 2.17. The highest BCUT2D eigenvalue weighted by Gasteiger charge is 2.16. The van der Waals surface area contributed by atoms with Gasteiger partial charge in [-0.3, -0.25) is 19.9 Å². The van der Waals surface area contributed by atoms with Gasteiger partial charge >= 0.3 is 0 Å². The van der Waals surface area contributed by atoms with Crippen LogP contribution in [0.5, 0.6) is 0 Å². The lowest BCUT2D eigenvalue weighted by Crippen LogP contribution is -2.06. The molecular formula is C12H9N3O3. The largest absolute Gasteiger partial charge is 0.398 e. The van der Waals surface area contributed by atoms with Crippen LogP contribution in [-0.2, 0) is 0 Å². The molecule has 0 aliphatic rings. The molecule has 0 fully saturated rings. The summed E-state index contributed by atoms with van der Waals surface area (Å²) in [6, 6.07) is 6.85. The van der Waals surface area contributed by atoms with Gasteiger partial charge in [0.2, 0.25) is 0 Å². The smallest absolute Gasteiger partial charge is 0.270 e. The van der Waals surface area contributed by atoms with Gasteiger partial charge in [0.1, 0.15) is 0 Å². The number of nitrogens with zero attached hydrogens (tertiary/aromatic N) is 2. The van der Waals surface area contributed by atoms with Crippen LogP contribution in [-0.4, -0.2) is 15.7 Å². The lowest BCUT2D eigenvalue weighted by atomic mass is 10.0. The number of ketones is 1. The van der Waals surface area contributed by atoms with Crippen molar-refractivity contribution in [2.45, 2.75) is 0 Å². The van der Waals surface area contributed by atoms with Gasteiger partial charge in [-0.25, -0.2) is 0 Å². The number of pyridine rings is 1. The number of benzene rings is 1. The predicted octanol–water partition coefficient (Wildman–Crippen LogP) is 1.80. The minimum absolute atomic E-state index is 0.121. The van der Waals surface area contributed by atoms with Gasteiger partial charge in [-0.05, 0) is 18.2 Å². The molecule has 6 nitrogen and oxygen atoms in total. The van der Waals surface area contributed by atoms with Gasteiger partial charge in [0.25, 0.3) is 5.69 Å². The molecule has 1 aromatic carbocycles. The summed E-state index contributed by atoms with van der Waals surface area (Å²) >= 11 is 0. The maximum Gasteiger partial charge on any atom is 0.270 e. The molecule has 0 unspecified atom stereocenters. The van der Waals surface area contributed by atoms with E-state index < -0.39 is 4.92 Å². The molecule has 0 spiro atoms. The van der Waals surface area contributed by atoms with Crippen LogP contribution in [0.25, 0.3) is 0 Å². The Morgan fingerprint density at radius 2 is 1.89 bits per heavy atom. The van der Waals surface area contributed by atoms with Crippen molar-refractivity contribution in [3.8, 4) is 0 Å². The number of nitro benzene ring substituents is 1. The summed E-state index contributed by atoms with van der Waals surface area (Å²) in [5, 5.41) is 10.7. The van der Waals surface area contributed by atoms with Crippen LogP contribution in [0.4, 0.5) is 11.4 Å². The van der Waals surface area contributed by atoms with Crippen LogP contribution < -0.4 is 5.73 Å². The van der Waals surface area contributed by atoms with E-state index in [9.17, 15) is 14.9 Å². The molecule has 0 atom stereocenters. The molecule has 90 valence electrons. The third-order valence-corrected chi connectivity index (χ3v) is 2.43. The highest BCUT2D eigenvalue weighted by atomic mass is 16.6. The van der Waals surface area contributed by atoms with Crippen LogP contribution in [0, 0.1) is 10.1 Å². The molecule has 0 saturated carbocycles. The van der Waals surface area contributed by atoms with Crippen molar-refractivity contribution in [2.24, 2.45) is 0 Å². The Kier molecular flexibility index (Phi) is 3.01. The van der Waals surface area contributed by atoms with Gasteiger partial charge in [-0.1, -0.05) is 0 Å². The number of carbonyl (C=O) groups excluding carboxylic acids is 1. The molecule has 0 saturated heterocycles.